The smallest absolute Gasteiger partial charge is 0.460 e. The number of esters is 1. The number of unbranched alkanes of at least 4 members (excludes halogenated alkanes) is 1. The Kier molecular flexibility index (Phi) is 8.33. The second-order valence-corrected chi connectivity index (χ2v) is 8.67. The zero-order chi connectivity index (χ0) is 29.5. The molecule has 0 saturated carbocycles. The van der Waals surface area contributed by atoms with E-state index in [1.165, 1.54) is 24.3 Å². The maximum absolute atomic E-state index is 14.2. The fraction of sp³-hybridized carbons (Fsp3) is 0.500. The summed E-state index contributed by atoms with van der Waals surface area (Å²) in [6.45, 7) is 1.45. The summed E-state index contributed by atoms with van der Waals surface area (Å²) >= 11 is 0.252. The summed E-state index contributed by atoms with van der Waals surface area (Å²) in [6, 6.07) is 5.05. The zero-order valence-corrected chi connectivity index (χ0v) is 19.3. The van der Waals surface area contributed by atoms with E-state index in [-0.39, 0.29) is 28.0 Å². The van der Waals surface area contributed by atoms with Gasteiger partial charge in [-0.2, -0.15) is 57.1 Å². The van der Waals surface area contributed by atoms with Crippen LogP contribution in [0, 0.1) is 0 Å². The summed E-state index contributed by atoms with van der Waals surface area (Å²) in [5.74, 6) is -43.8. The van der Waals surface area contributed by atoms with Gasteiger partial charge in [0, 0.05) is 10.1 Å². The van der Waals surface area contributed by atoms with Gasteiger partial charge in [-0.25, -0.2) is 4.79 Å². The van der Waals surface area contributed by atoms with E-state index >= 15 is 0 Å². The van der Waals surface area contributed by atoms with Gasteiger partial charge in [0.2, 0.25) is 0 Å². The molecule has 0 aliphatic heterocycles. The SMILES string of the molecule is CCCCOC(=O)c1c(NC(=O)C(F)(F)C(F)(F)C(F)(F)C(F)(F)C(F)(F)C(F)(F)F)sc2ccccc12. The Bertz CT molecular complexity index is 1190. The average molecular weight is 595 g/mol. The highest BCUT2D eigenvalue weighted by molar-refractivity contribution is 7.23. The quantitative estimate of drug-likeness (QED) is 0.176. The van der Waals surface area contributed by atoms with Crippen LogP contribution in [0.3, 0.4) is 0 Å². The van der Waals surface area contributed by atoms with E-state index in [4.69, 9.17) is 4.74 Å². The molecule has 38 heavy (non-hydrogen) atoms. The van der Waals surface area contributed by atoms with Gasteiger partial charge in [0.1, 0.15) is 10.6 Å². The van der Waals surface area contributed by atoms with Gasteiger partial charge in [0.15, 0.2) is 0 Å². The van der Waals surface area contributed by atoms with Crippen molar-refractivity contribution in [1.82, 2.24) is 0 Å². The summed E-state index contributed by atoms with van der Waals surface area (Å²) < 4.78 is 178. The number of alkyl halides is 13. The van der Waals surface area contributed by atoms with Gasteiger partial charge < -0.3 is 10.1 Å². The second-order valence-electron chi connectivity index (χ2n) is 7.62. The Morgan fingerprint density at radius 3 is 1.87 bits per heavy atom. The molecule has 4 nitrogen and oxygen atoms in total. The fourth-order valence-electron chi connectivity index (χ4n) is 2.81. The van der Waals surface area contributed by atoms with E-state index in [9.17, 15) is 66.7 Å². The van der Waals surface area contributed by atoms with Gasteiger partial charge in [0.05, 0.1) is 6.61 Å². The summed E-state index contributed by atoms with van der Waals surface area (Å²) in [4.78, 5) is 24.4. The summed E-state index contributed by atoms with van der Waals surface area (Å²) in [6.07, 6.45) is -6.77. The maximum atomic E-state index is 14.2. The molecule has 214 valence electrons. The number of nitrogens with one attached hydrogen (secondary N) is 1. The van der Waals surface area contributed by atoms with Gasteiger partial charge in [-0.05, 0) is 12.5 Å². The molecule has 0 spiro atoms. The lowest BCUT2D eigenvalue weighted by Gasteiger charge is -2.39. The Morgan fingerprint density at radius 1 is 0.816 bits per heavy atom. The summed E-state index contributed by atoms with van der Waals surface area (Å²) in [5.41, 5.74) is -0.727. The van der Waals surface area contributed by atoms with Crippen molar-refractivity contribution in [1.29, 1.82) is 0 Å². The molecule has 2 rings (SSSR count). The molecular formula is C20H14F13NO3S. The largest absolute Gasteiger partial charge is 0.462 e. The molecule has 1 aromatic carbocycles. The number of carbonyl (C=O) groups excluding carboxylic acids is 2. The van der Waals surface area contributed by atoms with Gasteiger partial charge in [-0.1, -0.05) is 31.5 Å². The Labute approximate surface area is 207 Å². The minimum absolute atomic E-state index is 0.0296. The number of carbonyl (C=O) groups is 2. The van der Waals surface area contributed by atoms with Gasteiger partial charge in [-0.3, -0.25) is 4.79 Å². The lowest BCUT2D eigenvalue weighted by atomic mass is 9.93. The first-order valence-corrected chi connectivity index (χ1v) is 10.9. The van der Waals surface area contributed by atoms with Crippen molar-refractivity contribution < 1.29 is 71.4 Å². The van der Waals surface area contributed by atoms with Crippen LogP contribution in [0.15, 0.2) is 24.3 Å². The van der Waals surface area contributed by atoms with E-state index in [0.29, 0.717) is 12.8 Å². The summed E-state index contributed by atoms with van der Waals surface area (Å²) in [7, 11) is 0. The van der Waals surface area contributed by atoms with Gasteiger partial charge >= 0.3 is 47.7 Å². The van der Waals surface area contributed by atoms with Crippen molar-refractivity contribution in [3.8, 4) is 0 Å². The first-order chi connectivity index (χ1) is 17.1. The Hall–Kier alpha value is -2.79. The van der Waals surface area contributed by atoms with Crippen LogP contribution >= 0.6 is 11.3 Å². The number of fused-ring (bicyclic) bond motifs is 1. The molecule has 0 atom stereocenters. The molecule has 1 aromatic heterocycles. The van der Waals surface area contributed by atoms with Crippen LogP contribution in [0.1, 0.15) is 30.1 Å². The number of ether oxygens (including phenoxy) is 1. The molecule has 0 saturated heterocycles. The number of anilines is 1. The maximum Gasteiger partial charge on any atom is 0.460 e. The topological polar surface area (TPSA) is 55.4 Å². The number of amides is 1. The van der Waals surface area contributed by atoms with Crippen molar-refractivity contribution >= 4 is 38.3 Å². The fourth-order valence-corrected chi connectivity index (χ4v) is 3.90. The monoisotopic (exact) mass is 595 g/mol. The molecule has 0 bridgehead atoms. The lowest BCUT2D eigenvalue weighted by Crippen LogP contribution is -2.71. The number of thiophene rings is 1. The highest BCUT2D eigenvalue weighted by atomic mass is 32.1. The van der Waals surface area contributed by atoms with Crippen LogP contribution in [0.4, 0.5) is 62.1 Å². The molecular weight excluding hydrogens is 581 g/mol. The molecule has 0 aliphatic rings. The third-order valence-corrected chi connectivity index (χ3v) is 6.06. The van der Waals surface area contributed by atoms with Gasteiger partial charge in [-0.15, -0.1) is 11.3 Å². The van der Waals surface area contributed by atoms with Crippen molar-refractivity contribution in [2.75, 3.05) is 11.9 Å². The minimum Gasteiger partial charge on any atom is -0.462 e. The van der Waals surface area contributed by atoms with Crippen molar-refractivity contribution in [3.05, 3.63) is 29.8 Å². The average Bonchev–Trinajstić information content (AvgIpc) is 3.15. The van der Waals surface area contributed by atoms with Crippen molar-refractivity contribution in [2.24, 2.45) is 0 Å². The molecule has 0 fully saturated rings. The number of hydrogen-bond donors (Lipinski definition) is 1. The van der Waals surface area contributed by atoms with Crippen LogP contribution in [0.2, 0.25) is 0 Å². The van der Waals surface area contributed by atoms with Gasteiger partial charge in [0.25, 0.3) is 0 Å². The molecule has 1 heterocycles. The van der Waals surface area contributed by atoms with Crippen LogP contribution < -0.4 is 5.32 Å². The number of benzene rings is 1. The predicted molar refractivity (Wildman–Crippen MR) is 106 cm³/mol. The Morgan fingerprint density at radius 2 is 1.34 bits per heavy atom. The number of halogens is 13. The molecule has 0 radical (unpaired) electrons. The molecule has 0 unspecified atom stereocenters. The third kappa shape index (κ3) is 4.86. The molecule has 1 amide bonds. The van der Waals surface area contributed by atoms with Crippen LogP contribution in [0.5, 0.6) is 0 Å². The number of rotatable bonds is 10. The van der Waals surface area contributed by atoms with Crippen LogP contribution in [-0.4, -0.2) is 54.3 Å². The minimum atomic E-state index is -8.14. The van der Waals surface area contributed by atoms with Crippen LogP contribution in [0.25, 0.3) is 10.1 Å². The standard InChI is InChI=1S/C20H14F13NO3S/c1-2-3-8-37-13(35)11-9-6-4-5-7-10(9)38-12(11)34-14(36)15(21,22)16(23,24)17(25,26)18(27,28)19(29,30)20(31,32)33/h4-7H,2-3,8H2,1H3,(H,34,36). The lowest BCUT2D eigenvalue weighted by molar-refractivity contribution is -0.435. The first kappa shape index (κ1) is 31.4. The molecule has 1 N–H and O–H groups in total. The van der Waals surface area contributed by atoms with E-state index in [2.05, 4.69) is 0 Å². The highest BCUT2D eigenvalue weighted by Gasteiger charge is 2.91. The third-order valence-electron chi connectivity index (χ3n) is 4.98. The second kappa shape index (κ2) is 10.1. The van der Waals surface area contributed by atoms with E-state index < -0.39 is 58.2 Å². The van der Waals surface area contributed by atoms with Crippen molar-refractivity contribution in [2.45, 2.75) is 55.6 Å². The normalized spacial score (nSPS) is 14.1. The summed E-state index contributed by atoms with van der Waals surface area (Å²) in [5, 5.41) is -0.145. The van der Waals surface area contributed by atoms with Crippen molar-refractivity contribution in [3.63, 3.8) is 0 Å². The van der Waals surface area contributed by atoms with E-state index in [0.717, 1.165) is 5.32 Å². The molecule has 2 aromatic rings. The predicted octanol–water partition coefficient (Wildman–Crippen LogP) is 7.54. The zero-order valence-electron chi connectivity index (χ0n) is 18.5. The highest BCUT2D eigenvalue weighted by Crippen LogP contribution is 2.60. The number of hydrogen-bond acceptors (Lipinski definition) is 4. The van der Waals surface area contributed by atoms with E-state index in [1.54, 1.807) is 6.92 Å². The first-order valence-electron chi connectivity index (χ1n) is 10.1. The molecule has 18 heteroatoms. The van der Waals surface area contributed by atoms with E-state index in [1.807, 2.05) is 0 Å². The molecule has 0 aliphatic carbocycles. The Balaban J connectivity index is 2.52. The van der Waals surface area contributed by atoms with Crippen LogP contribution in [-0.2, 0) is 9.53 Å².